The zero-order chi connectivity index (χ0) is 22.6. The van der Waals surface area contributed by atoms with Crippen molar-refractivity contribution < 1.29 is 27.8 Å². The summed E-state index contributed by atoms with van der Waals surface area (Å²) in [6.07, 6.45) is 2.25. The van der Waals surface area contributed by atoms with E-state index in [1.165, 1.54) is 19.1 Å². The standard InChI is InChI=1S/C21H31N3O6S/c1-4-5-9-17-23-20(25)19(31(27,28)14-10-12-22-13-11-14)21(26)24(17)18-15(29-2)7-6-8-16(18)30-3/h6-8,14,17,22,26H,4-5,9-13H2,1-3H3,(H,23,25). The van der Waals surface area contributed by atoms with Gasteiger partial charge in [-0.1, -0.05) is 19.4 Å². The molecule has 0 spiro atoms. The predicted octanol–water partition coefficient (Wildman–Crippen LogP) is 2.05. The Hall–Kier alpha value is -2.46. The van der Waals surface area contributed by atoms with Crippen molar-refractivity contribution in [1.29, 1.82) is 0 Å². The van der Waals surface area contributed by atoms with Crippen molar-refractivity contribution in [3.8, 4) is 11.5 Å². The molecule has 2 aliphatic heterocycles. The minimum Gasteiger partial charge on any atom is -0.494 e. The molecular weight excluding hydrogens is 422 g/mol. The van der Waals surface area contributed by atoms with Crippen molar-refractivity contribution in [3.05, 3.63) is 29.0 Å². The number of unbranched alkanes of at least 4 members (excludes halogenated alkanes) is 1. The maximum atomic E-state index is 13.4. The quantitative estimate of drug-likeness (QED) is 0.548. The normalized spacial score (nSPS) is 20.5. The van der Waals surface area contributed by atoms with Gasteiger partial charge in [-0.25, -0.2) is 8.42 Å². The maximum Gasteiger partial charge on any atom is 0.269 e. The fourth-order valence-corrected chi connectivity index (χ4v) is 5.96. The number of methoxy groups -OCH3 is 2. The Labute approximate surface area is 183 Å². The number of nitrogens with zero attached hydrogens (tertiary/aromatic N) is 1. The minimum absolute atomic E-state index is 0.365. The molecule has 0 aromatic heterocycles. The van der Waals surface area contributed by atoms with Gasteiger partial charge in [0.2, 0.25) is 5.88 Å². The van der Waals surface area contributed by atoms with Crippen LogP contribution >= 0.6 is 0 Å². The fourth-order valence-electron chi connectivity index (χ4n) is 4.10. The first-order valence-corrected chi connectivity index (χ1v) is 12.1. The largest absolute Gasteiger partial charge is 0.494 e. The first-order chi connectivity index (χ1) is 14.9. The molecule has 1 aromatic rings. The Kier molecular flexibility index (Phi) is 7.32. The van der Waals surface area contributed by atoms with E-state index in [9.17, 15) is 18.3 Å². The molecule has 1 unspecified atom stereocenters. The number of hydrogen-bond acceptors (Lipinski definition) is 8. The topological polar surface area (TPSA) is 117 Å². The van der Waals surface area contributed by atoms with Crippen LogP contribution in [0.5, 0.6) is 11.5 Å². The number of anilines is 1. The molecule has 0 radical (unpaired) electrons. The minimum atomic E-state index is -4.05. The van der Waals surface area contributed by atoms with E-state index in [-0.39, 0.29) is 0 Å². The number of para-hydroxylation sites is 1. The summed E-state index contributed by atoms with van der Waals surface area (Å²) >= 11 is 0. The molecule has 0 saturated carbocycles. The number of rotatable bonds is 8. The summed E-state index contributed by atoms with van der Waals surface area (Å²) in [7, 11) is -1.09. The molecule has 9 nitrogen and oxygen atoms in total. The zero-order valence-corrected chi connectivity index (χ0v) is 19.0. The fraction of sp³-hybridized carbons (Fsp3) is 0.571. The van der Waals surface area contributed by atoms with Crippen LogP contribution in [-0.4, -0.2) is 58.2 Å². The van der Waals surface area contributed by atoms with Gasteiger partial charge in [-0.3, -0.25) is 9.69 Å². The van der Waals surface area contributed by atoms with Gasteiger partial charge < -0.3 is 25.2 Å². The third kappa shape index (κ3) is 4.45. The van der Waals surface area contributed by atoms with Crippen LogP contribution in [0.4, 0.5) is 5.69 Å². The van der Waals surface area contributed by atoms with Crippen molar-refractivity contribution in [3.63, 3.8) is 0 Å². The predicted molar refractivity (Wildman–Crippen MR) is 118 cm³/mol. The third-order valence-electron chi connectivity index (χ3n) is 5.73. The molecule has 3 rings (SSSR count). The highest BCUT2D eigenvalue weighted by Crippen LogP contribution is 2.43. The summed E-state index contributed by atoms with van der Waals surface area (Å²) < 4.78 is 37.7. The van der Waals surface area contributed by atoms with Gasteiger partial charge in [0.25, 0.3) is 5.91 Å². The van der Waals surface area contributed by atoms with Crippen molar-refractivity contribution >= 4 is 21.4 Å². The van der Waals surface area contributed by atoms with Gasteiger partial charge in [-0.2, -0.15) is 0 Å². The number of hydrogen-bond donors (Lipinski definition) is 3. The van der Waals surface area contributed by atoms with Gasteiger partial charge in [0.05, 0.1) is 19.5 Å². The Bertz CT molecular complexity index is 918. The van der Waals surface area contributed by atoms with Crippen molar-refractivity contribution in [2.45, 2.75) is 50.4 Å². The third-order valence-corrected chi connectivity index (χ3v) is 8.02. The van der Waals surface area contributed by atoms with E-state index in [0.29, 0.717) is 49.5 Å². The lowest BCUT2D eigenvalue weighted by Gasteiger charge is -2.39. The second-order valence-corrected chi connectivity index (χ2v) is 9.82. The monoisotopic (exact) mass is 453 g/mol. The second kappa shape index (κ2) is 9.78. The summed E-state index contributed by atoms with van der Waals surface area (Å²) in [6.45, 7) is 3.10. The van der Waals surface area contributed by atoms with E-state index in [0.717, 1.165) is 12.8 Å². The lowest BCUT2D eigenvalue weighted by atomic mass is 10.1. The molecule has 2 aliphatic rings. The van der Waals surface area contributed by atoms with Crippen LogP contribution in [0.1, 0.15) is 39.0 Å². The second-order valence-electron chi connectivity index (χ2n) is 7.66. The summed E-state index contributed by atoms with van der Waals surface area (Å²) in [5, 5.41) is 16.4. The number of carbonyl (C=O) groups excluding carboxylic acids is 1. The molecule has 10 heteroatoms. The van der Waals surface area contributed by atoms with Crippen LogP contribution in [0.15, 0.2) is 29.0 Å². The average molecular weight is 454 g/mol. The lowest BCUT2D eigenvalue weighted by Crippen LogP contribution is -2.55. The lowest BCUT2D eigenvalue weighted by molar-refractivity contribution is -0.118. The van der Waals surface area contributed by atoms with Crippen LogP contribution in [0.3, 0.4) is 0 Å². The number of carbonyl (C=O) groups is 1. The smallest absolute Gasteiger partial charge is 0.269 e. The molecule has 1 atom stereocenters. The van der Waals surface area contributed by atoms with E-state index in [1.807, 2.05) is 6.92 Å². The molecular formula is C21H31N3O6S. The highest BCUT2D eigenvalue weighted by atomic mass is 32.2. The maximum absolute atomic E-state index is 13.4. The van der Waals surface area contributed by atoms with Gasteiger partial charge in [-0.05, 0) is 50.9 Å². The summed E-state index contributed by atoms with van der Waals surface area (Å²) in [5.74, 6) is -0.585. The molecule has 1 fully saturated rings. The first-order valence-electron chi connectivity index (χ1n) is 10.6. The number of sulfone groups is 1. The van der Waals surface area contributed by atoms with Gasteiger partial charge in [-0.15, -0.1) is 0 Å². The number of aliphatic hydroxyl groups is 1. The number of amides is 1. The Morgan fingerprint density at radius 2 is 1.77 bits per heavy atom. The molecule has 172 valence electrons. The van der Waals surface area contributed by atoms with Crippen molar-refractivity contribution in [1.82, 2.24) is 10.6 Å². The van der Waals surface area contributed by atoms with Crippen LogP contribution in [-0.2, 0) is 14.6 Å². The molecule has 1 amide bonds. The molecule has 0 bridgehead atoms. The number of nitrogens with one attached hydrogen (secondary N) is 2. The Morgan fingerprint density at radius 3 is 2.32 bits per heavy atom. The molecule has 2 heterocycles. The van der Waals surface area contributed by atoms with Gasteiger partial charge in [0.15, 0.2) is 14.7 Å². The van der Waals surface area contributed by atoms with E-state index < -0.39 is 37.9 Å². The number of piperidine rings is 1. The Morgan fingerprint density at radius 1 is 1.16 bits per heavy atom. The molecule has 3 N–H and O–H groups in total. The average Bonchev–Trinajstić information content (AvgIpc) is 2.77. The van der Waals surface area contributed by atoms with Crippen LogP contribution in [0.25, 0.3) is 0 Å². The van der Waals surface area contributed by atoms with E-state index in [4.69, 9.17) is 9.47 Å². The van der Waals surface area contributed by atoms with Crippen molar-refractivity contribution in [2.24, 2.45) is 0 Å². The molecule has 31 heavy (non-hydrogen) atoms. The Balaban J connectivity index is 2.18. The van der Waals surface area contributed by atoms with E-state index in [2.05, 4.69) is 10.6 Å². The molecule has 0 aliphatic carbocycles. The highest BCUT2D eigenvalue weighted by molar-refractivity contribution is 7.96. The van der Waals surface area contributed by atoms with Gasteiger partial charge in [0, 0.05) is 0 Å². The summed E-state index contributed by atoms with van der Waals surface area (Å²) in [6, 6.07) is 5.12. The number of aliphatic hydroxyl groups excluding tert-OH is 1. The van der Waals surface area contributed by atoms with Crippen LogP contribution in [0, 0.1) is 0 Å². The summed E-state index contributed by atoms with van der Waals surface area (Å²) in [5.41, 5.74) is 0.365. The van der Waals surface area contributed by atoms with Gasteiger partial charge in [0.1, 0.15) is 23.4 Å². The van der Waals surface area contributed by atoms with Crippen LogP contribution in [0.2, 0.25) is 0 Å². The van der Waals surface area contributed by atoms with Gasteiger partial charge >= 0.3 is 0 Å². The molecule has 1 aromatic carbocycles. The highest BCUT2D eigenvalue weighted by Gasteiger charge is 2.45. The molecule has 1 saturated heterocycles. The van der Waals surface area contributed by atoms with Crippen molar-refractivity contribution in [2.75, 3.05) is 32.2 Å². The number of ether oxygens (including phenoxy) is 2. The first kappa shape index (κ1) is 23.2. The summed E-state index contributed by atoms with van der Waals surface area (Å²) in [4.78, 5) is 13.8. The zero-order valence-electron chi connectivity index (χ0n) is 18.2. The number of benzene rings is 1. The van der Waals surface area contributed by atoms with E-state index in [1.54, 1.807) is 18.2 Å². The van der Waals surface area contributed by atoms with Crippen LogP contribution < -0.4 is 25.0 Å². The SMILES string of the molecule is CCCCC1NC(=O)C(S(=O)(=O)C2CCNCC2)=C(O)N1c1c(OC)cccc1OC. The van der Waals surface area contributed by atoms with E-state index >= 15 is 0 Å².